The summed E-state index contributed by atoms with van der Waals surface area (Å²) in [5, 5.41) is 9.48. The third kappa shape index (κ3) is 6.30. The SMILES string of the molecule is Cc1ccc(Sc2ccc(S(=O)(=O)N(CCN3CCOCC3)[C@H](C)C(=O)O)cc2)cc1. The number of hydrogen-bond donors (Lipinski definition) is 1. The largest absolute Gasteiger partial charge is 0.480 e. The van der Waals surface area contributed by atoms with Crippen LogP contribution in [0.2, 0.25) is 0 Å². The number of rotatable bonds is 9. The minimum absolute atomic E-state index is 0.0934. The number of aryl methyl sites for hydroxylation is 1. The fourth-order valence-electron chi connectivity index (χ4n) is 3.27. The Bertz CT molecular complexity index is 972. The normalized spacial score (nSPS) is 16.4. The molecule has 3 rings (SSSR count). The van der Waals surface area contributed by atoms with Crippen molar-refractivity contribution in [2.24, 2.45) is 0 Å². The molecule has 0 radical (unpaired) electrons. The predicted octanol–water partition coefficient (Wildman–Crippen LogP) is 2.94. The molecule has 1 fully saturated rings. The number of carboxylic acids is 1. The van der Waals surface area contributed by atoms with E-state index in [0.29, 0.717) is 32.8 Å². The van der Waals surface area contributed by atoms with Crippen LogP contribution in [-0.2, 0) is 19.6 Å². The summed E-state index contributed by atoms with van der Waals surface area (Å²) in [5.41, 5.74) is 1.18. The van der Waals surface area contributed by atoms with E-state index < -0.39 is 22.0 Å². The van der Waals surface area contributed by atoms with Crippen LogP contribution in [0.1, 0.15) is 12.5 Å². The third-order valence-corrected chi connectivity index (χ3v) is 8.22. The number of aliphatic carboxylic acids is 1. The van der Waals surface area contributed by atoms with Gasteiger partial charge in [-0.05, 0) is 50.2 Å². The van der Waals surface area contributed by atoms with Gasteiger partial charge in [0.15, 0.2) is 0 Å². The maximum atomic E-state index is 13.3. The molecule has 168 valence electrons. The summed E-state index contributed by atoms with van der Waals surface area (Å²) in [7, 11) is -3.96. The monoisotopic (exact) mass is 464 g/mol. The van der Waals surface area contributed by atoms with E-state index in [-0.39, 0.29) is 11.4 Å². The van der Waals surface area contributed by atoms with Crippen LogP contribution in [0.3, 0.4) is 0 Å². The molecule has 1 aliphatic heterocycles. The highest BCUT2D eigenvalue weighted by atomic mass is 32.2. The number of ether oxygens (including phenoxy) is 1. The van der Waals surface area contributed by atoms with Crippen molar-refractivity contribution in [3.8, 4) is 0 Å². The Kier molecular flexibility index (Phi) is 8.12. The zero-order valence-electron chi connectivity index (χ0n) is 17.7. The van der Waals surface area contributed by atoms with Crippen molar-refractivity contribution < 1.29 is 23.1 Å². The van der Waals surface area contributed by atoms with Gasteiger partial charge in [-0.2, -0.15) is 4.31 Å². The minimum Gasteiger partial charge on any atom is -0.480 e. The van der Waals surface area contributed by atoms with Crippen molar-refractivity contribution in [3.05, 3.63) is 54.1 Å². The van der Waals surface area contributed by atoms with E-state index in [1.807, 2.05) is 31.2 Å². The van der Waals surface area contributed by atoms with Crippen LogP contribution in [0, 0.1) is 6.92 Å². The van der Waals surface area contributed by atoms with Crippen molar-refractivity contribution in [1.82, 2.24) is 9.21 Å². The lowest BCUT2D eigenvalue weighted by molar-refractivity contribution is -0.141. The van der Waals surface area contributed by atoms with Crippen LogP contribution in [0.15, 0.2) is 63.2 Å². The quantitative estimate of drug-likeness (QED) is 0.610. The molecule has 0 amide bonds. The molecule has 1 heterocycles. The van der Waals surface area contributed by atoms with Crippen molar-refractivity contribution in [2.75, 3.05) is 39.4 Å². The van der Waals surface area contributed by atoms with E-state index in [2.05, 4.69) is 4.90 Å². The Balaban J connectivity index is 1.75. The Morgan fingerprint density at radius 3 is 2.19 bits per heavy atom. The molecule has 31 heavy (non-hydrogen) atoms. The van der Waals surface area contributed by atoms with Gasteiger partial charge in [-0.3, -0.25) is 9.69 Å². The number of sulfonamides is 1. The fraction of sp³-hybridized carbons (Fsp3) is 0.409. The minimum atomic E-state index is -3.96. The molecule has 1 saturated heterocycles. The smallest absolute Gasteiger partial charge is 0.321 e. The third-order valence-electron chi connectivity index (χ3n) is 5.22. The molecule has 2 aromatic rings. The molecule has 0 spiro atoms. The van der Waals surface area contributed by atoms with Crippen molar-refractivity contribution in [2.45, 2.75) is 34.6 Å². The lowest BCUT2D eigenvalue weighted by atomic mass is 10.2. The molecular weight excluding hydrogens is 436 g/mol. The van der Waals surface area contributed by atoms with Crippen LogP contribution < -0.4 is 0 Å². The molecule has 0 aliphatic carbocycles. The molecular formula is C22H28N2O5S2. The lowest BCUT2D eigenvalue weighted by Gasteiger charge is -2.31. The summed E-state index contributed by atoms with van der Waals surface area (Å²) in [4.78, 5) is 15.8. The highest BCUT2D eigenvalue weighted by molar-refractivity contribution is 7.99. The summed E-state index contributed by atoms with van der Waals surface area (Å²) in [6.45, 7) is 6.61. The zero-order valence-corrected chi connectivity index (χ0v) is 19.4. The van der Waals surface area contributed by atoms with Crippen LogP contribution in [0.4, 0.5) is 0 Å². The molecule has 0 aromatic heterocycles. The molecule has 7 nitrogen and oxygen atoms in total. The van der Waals surface area contributed by atoms with Gasteiger partial charge in [-0.15, -0.1) is 0 Å². The van der Waals surface area contributed by atoms with E-state index in [1.54, 1.807) is 36.0 Å². The number of carbonyl (C=O) groups is 1. The zero-order chi connectivity index (χ0) is 22.4. The van der Waals surface area contributed by atoms with E-state index in [9.17, 15) is 18.3 Å². The number of benzene rings is 2. The van der Waals surface area contributed by atoms with Crippen molar-refractivity contribution in [1.29, 1.82) is 0 Å². The Morgan fingerprint density at radius 2 is 1.65 bits per heavy atom. The van der Waals surface area contributed by atoms with Crippen LogP contribution in [0.5, 0.6) is 0 Å². The van der Waals surface area contributed by atoms with Gasteiger partial charge < -0.3 is 9.84 Å². The van der Waals surface area contributed by atoms with Gasteiger partial charge in [-0.1, -0.05) is 29.5 Å². The van der Waals surface area contributed by atoms with Gasteiger partial charge in [0.25, 0.3) is 0 Å². The first-order chi connectivity index (χ1) is 14.8. The van der Waals surface area contributed by atoms with Gasteiger partial charge in [-0.25, -0.2) is 8.42 Å². The van der Waals surface area contributed by atoms with E-state index in [4.69, 9.17) is 4.74 Å². The second-order valence-electron chi connectivity index (χ2n) is 7.47. The highest BCUT2D eigenvalue weighted by Gasteiger charge is 2.33. The second-order valence-corrected chi connectivity index (χ2v) is 10.5. The maximum Gasteiger partial charge on any atom is 0.321 e. The fourth-order valence-corrected chi connectivity index (χ4v) is 5.66. The van der Waals surface area contributed by atoms with E-state index >= 15 is 0 Å². The number of nitrogens with zero attached hydrogens (tertiary/aromatic N) is 2. The van der Waals surface area contributed by atoms with Crippen LogP contribution >= 0.6 is 11.8 Å². The number of hydrogen-bond acceptors (Lipinski definition) is 6. The molecule has 9 heteroatoms. The topological polar surface area (TPSA) is 87.2 Å². The standard InChI is InChI=1S/C22H28N2O5S2/c1-17-3-5-19(6-4-17)30-20-7-9-21(10-8-20)31(27,28)24(18(2)22(25)26)12-11-23-13-15-29-16-14-23/h3-10,18H,11-16H2,1-2H3,(H,25,26)/t18-/m1/s1. The Labute approximate surface area is 188 Å². The van der Waals surface area contributed by atoms with Gasteiger partial charge in [0.1, 0.15) is 6.04 Å². The van der Waals surface area contributed by atoms with Crippen molar-refractivity contribution >= 4 is 27.8 Å². The summed E-state index contributed by atoms with van der Waals surface area (Å²) in [6, 6.07) is 13.5. The van der Waals surface area contributed by atoms with Gasteiger partial charge in [0, 0.05) is 36.0 Å². The van der Waals surface area contributed by atoms with Crippen LogP contribution in [-0.4, -0.2) is 74.1 Å². The Hall–Kier alpha value is -1.91. The maximum absolute atomic E-state index is 13.3. The summed E-state index contributed by atoms with van der Waals surface area (Å²) in [5.74, 6) is -1.17. The second kappa shape index (κ2) is 10.6. The molecule has 0 saturated carbocycles. The first-order valence-corrected chi connectivity index (χ1v) is 12.4. The van der Waals surface area contributed by atoms with E-state index in [0.717, 1.165) is 14.1 Å². The average Bonchev–Trinajstić information content (AvgIpc) is 2.76. The molecule has 1 aliphatic rings. The highest BCUT2D eigenvalue weighted by Crippen LogP contribution is 2.29. The van der Waals surface area contributed by atoms with Crippen molar-refractivity contribution in [3.63, 3.8) is 0 Å². The van der Waals surface area contributed by atoms with Crippen LogP contribution in [0.25, 0.3) is 0 Å². The average molecular weight is 465 g/mol. The summed E-state index contributed by atoms with van der Waals surface area (Å²) in [6.07, 6.45) is 0. The van der Waals surface area contributed by atoms with Gasteiger partial charge in [0.05, 0.1) is 18.1 Å². The molecule has 2 aromatic carbocycles. The Morgan fingerprint density at radius 1 is 1.10 bits per heavy atom. The summed E-state index contributed by atoms with van der Waals surface area (Å²) < 4.78 is 32.9. The first-order valence-electron chi connectivity index (χ1n) is 10.2. The summed E-state index contributed by atoms with van der Waals surface area (Å²) >= 11 is 1.54. The molecule has 0 unspecified atom stereocenters. The number of carboxylic acid groups (broad SMARTS) is 1. The first kappa shape index (κ1) is 23.7. The number of morpholine rings is 1. The predicted molar refractivity (Wildman–Crippen MR) is 120 cm³/mol. The molecule has 1 atom stereocenters. The molecule has 0 bridgehead atoms. The lowest BCUT2D eigenvalue weighted by Crippen LogP contribution is -2.48. The van der Waals surface area contributed by atoms with Gasteiger partial charge in [0.2, 0.25) is 10.0 Å². The van der Waals surface area contributed by atoms with E-state index in [1.165, 1.54) is 12.5 Å². The molecule has 1 N–H and O–H groups in total. The van der Waals surface area contributed by atoms with Gasteiger partial charge >= 0.3 is 5.97 Å².